The lowest BCUT2D eigenvalue weighted by atomic mass is 10.2. The van der Waals surface area contributed by atoms with E-state index in [1.165, 1.54) is 0 Å². The van der Waals surface area contributed by atoms with Gasteiger partial charge in [-0.1, -0.05) is 23.4 Å². The number of rotatable bonds is 7. The summed E-state index contributed by atoms with van der Waals surface area (Å²) >= 11 is 0. The van der Waals surface area contributed by atoms with E-state index in [0.29, 0.717) is 12.4 Å². The van der Waals surface area contributed by atoms with Crippen LogP contribution in [0.4, 0.5) is 0 Å². The first-order chi connectivity index (χ1) is 11.6. The zero-order chi connectivity index (χ0) is 16.9. The van der Waals surface area contributed by atoms with Gasteiger partial charge in [-0.05, 0) is 31.5 Å². The van der Waals surface area contributed by atoms with Gasteiger partial charge in [-0.3, -0.25) is 9.69 Å². The van der Waals surface area contributed by atoms with Crippen molar-refractivity contribution < 1.29 is 19.2 Å². The van der Waals surface area contributed by atoms with E-state index in [2.05, 4.69) is 15.0 Å². The number of carbonyl (C=O) groups is 1. The van der Waals surface area contributed by atoms with Crippen molar-refractivity contribution in [1.29, 1.82) is 0 Å². The minimum absolute atomic E-state index is 0.114. The summed E-state index contributed by atoms with van der Waals surface area (Å²) < 4.78 is 10.7. The molecule has 1 aromatic carbocycles. The molecule has 0 spiro atoms. The highest BCUT2D eigenvalue weighted by molar-refractivity contribution is 5.88. The van der Waals surface area contributed by atoms with E-state index in [-0.39, 0.29) is 18.5 Å². The number of hydrogen-bond acceptors (Lipinski definition) is 7. The maximum absolute atomic E-state index is 11.1. The number of nitrogens with two attached hydrogens (primary N) is 1. The number of para-hydroxylation sites is 1. The van der Waals surface area contributed by atoms with Crippen molar-refractivity contribution in [1.82, 2.24) is 15.0 Å². The van der Waals surface area contributed by atoms with Gasteiger partial charge in [-0.25, -0.2) is 0 Å². The number of benzene rings is 1. The fourth-order valence-corrected chi connectivity index (χ4v) is 2.83. The zero-order valence-corrected chi connectivity index (χ0v) is 13.2. The SMILES string of the molecule is NC(=O)c1noc(C2CCCN2CC(O)COc2ccccc2)n1. The Bertz CT molecular complexity index is 676. The lowest BCUT2D eigenvalue weighted by molar-refractivity contribution is 0.0589. The number of amides is 1. The summed E-state index contributed by atoms with van der Waals surface area (Å²) in [6, 6.07) is 9.23. The third-order valence-corrected chi connectivity index (χ3v) is 3.94. The van der Waals surface area contributed by atoms with Crippen molar-refractivity contribution in [2.45, 2.75) is 25.0 Å². The van der Waals surface area contributed by atoms with Crippen LogP contribution < -0.4 is 10.5 Å². The summed E-state index contributed by atoms with van der Waals surface area (Å²) in [6.07, 6.45) is 1.13. The molecule has 8 heteroatoms. The molecular weight excluding hydrogens is 312 g/mol. The Hall–Kier alpha value is -2.45. The van der Waals surface area contributed by atoms with Gasteiger partial charge in [-0.2, -0.15) is 4.98 Å². The normalized spacial score (nSPS) is 19.3. The Morgan fingerprint density at radius 2 is 2.25 bits per heavy atom. The van der Waals surface area contributed by atoms with Crippen LogP contribution in [0.15, 0.2) is 34.9 Å². The highest BCUT2D eigenvalue weighted by Crippen LogP contribution is 2.30. The highest BCUT2D eigenvalue weighted by atomic mass is 16.5. The van der Waals surface area contributed by atoms with Crippen molar-refractivity contribution in [3.8, 4) is 5.75 Å². The second kappa shape index (κ2) is 7.41. The van der Waals surface area contributed by atoms with Gasteiger partial charge < -0.3 is 20.1 Å². The van der Waals surface area contributed by atoms with E-state index < -0.39 is 12.0 Å². The summed E-state index contributed by atoms with van der Waals surface area (Å²) in [5.74, 6) is 0.241. The molecule has 128 valence electrons. The van der Waals surface area contributed by atoms with E-state index in [9.17, 15) is 9.90 Å². The molecule has 8 nitrogen and oxygen atoms in total. The first kappa shape index (κ1) is 16.4. The molecule has 1 aromatic heterocycles. The summed E-state index contributed by atoms with van der Waals surface area (Å²) in [5, 5.41) is 13.8. The summed E-state index contributed by atoms with van der Waals surface area (Å²) in [5.41, 5.74) is 5.14. The molecule has 24 heavy (non-hydrogen) atoms. The van der Waals surface area contributed by atoms with E-state index in [4.69, 9.17) is 15.0 Å². The maximum atomic E-state index is 11.1. The second-order valence-electron chi connectivity index (χ2n) is 5.75. The van der Waals surface area contributed by atoms with Crippen LogP contribution in [0.3, 0.4) is 0 Å². The summed E-state index contributed by atoms with van der Waals surface area (Å²) in [4.78, 5) is 17.2. The first-order valence-electron chi connectivity index (χ1n) is 7.87. The van der Waals surface area contributed by atoms with Crippen molar-refractivity contribution >= 4 is 5.91 Å². The molecule has 1 aliphatic rings. The lowest BCUT2D eigenvalue weighted by Crippen LogP contribution is -2.35. The molecule has 3 N–H and O–H groups in total. The van der Waals surface area contributed by atoms with Crippen molar-refractivity contribution in [3.05, 3.63) is 42.0 Å². The Morgan fingerprint density at radius 1 is 1.46 bits per heavy atom. The van der Waals surface area contributed by atoms with Crippen molar-refractivity contribution in [3.63, 3.8) is 0 Å². The summed E-state index contributed by atoms with van der Waals surface area (Å²) in [7, 11) is 0. The van der Waals surface area contributed by atoms with Crippen molar-refractivity contribution in [2.24, 2.45) is 5.73 Å². The first-order valence-corrected chi connectivity index (χ1v) is 7.87. The van der Waals surface area contributed by atoms with Crippen LogP contribution in [0.25, 0.3) is 0 Å². The number of primary amides is 1. The predicted molar refractivity (Wildman–Crippen MR) is 84.3 cm³/mol. The average molecular weight is 332 g/mol. The lowest BCUT2D eigenvalue weighted by Gasteiger charge is -2.24. The molecular formula is C16H20N4O4. The Labute approximate surface area is 139 Å². The molecule has 2 atom stereocenters. The number of hydrogen-bond donors (Lipinski definition) is 2. The number of nitrogens with zero attached hydrogens (tertiary/aromatic N) is 3. The molecule has 0 saturated carbocycles. The zero-order valence-electron chi connectivity index (χ0n) is 13.2. The van der Waals surface area contributed by atoms with Crippen LogP contribution in [0.2, 0.25) is 0 Å². The van der Waals surface area contributed by atoms with Crippen LogP contribution >= 0.6 is 0 Å². The number of aliphatic hydroxyl groups is 1. The van der Waals surface area contributed by atoms with Gasteiger partial charge in [0.1, 0.15) is 18.5 Å². The number of likely N-dealkylation sites (tertiary alicyclic amines) is 1. The van der Waals surface area contributed by atoms with Crippen molar-refractivity contribution in [2.75, 3.05) is 19.7 Å². The topological polar surface area (TPSA) is 115 Å². The van der Waals surface area contributed by atoms with Gasteiger partial charge in [0.2, 0.25) is 5.89 Å². The minimum Gasteiger partial charge on any atom is -0.491 e. The van der Waals surface area contributed by atoms with Crippen LogP contribution in [-0.2, 0) is 0 Å². The Kier molecular flexibility index (Phi) is 5.07. The number of aromatic nitrogens is 2. The fourth-order valence-electron chi connectivity index (χ4n) is 2.83. The molecule has 1 aliphatic heterocycles. The Balaban J connectivity index is 1.56. The molecule has 3 rings (SSSR count). The molecule has 0 bridgehead atoms. The molecule has 1 saturated heterocycles. The standard InChI is InChI=1S/C16H20N4O4/c17-14(22)15-18-16(24-19-15)13-7-4-8-20(13)9-11(21)10-23-12-5-2-1-3-6-12/h1-3,5-6,11,13,21H,4,7-10H2,(H2,17,22). The van der Waals surface area contributed by atoms with E-state index >= 15 is 0 Å². The molecule has 0 radical (unpaired) electrons. The molecule has 2 heterocycles. The predicted octanol–water partition coefficient (Wildman–Crippen LogP) is 0.745. The van der Waals surface area contributed by atoms with Gasteiger partial charge in [-0.15, -0.1) is 0 Å². The van der Waals surface area contributed by atoms with Crippen LogP contribution in [0, 0.1) is 0 Å². The van der Waals surface area contributed by atoms with E-state index in [1.54, 1.807) is 0 Å². The average Bonchev–Trinajstić information content (AvgIpc) is 3.22. The number of aliphatic hydroxyl groups excluding tert-OH is 1. The fraction of sp³-hybridized carbons (Fsp3) is 0.438. The van der Waals surface area contributed by atoms with Gasteiger partial charge in [0.15, 0.2) is 0 Å². The van der Waals surface area contributed by atoms with E-state index in [0.717, 1.165) is 25.1 Å². The molecule has 1 amide bonds. The van der Waals surface area contributed by atoms with Crippen LogP contribution in [0.5, 0.6) is 5.75 Å². The highest BCUT2D eigenvalue weighted by Gasteiger charge is 2.32. The number of carbonyl (C=O) groups excluding carboxylic acids is 1. The molecule has 0 aliphatic carbocycles. The molecule has 1 fully saturated rings. The van der Waals surface area contributed by atoms with Gasteiger partial charge in [0.05, 0.1) is 6.04 Å². The minimum atomic E-state index is -0.717. The monoisotopic (exact) mass is 332 g/mol. The summed E-state index contributed by atoms with van der Waals surface area (Å²) in [6.45, 7) is 1.43. The van der Waals surface area contributed by atoms with Gasteiger partial charge >= 0.3 is 0 Å². The van der Waals surface area contributed by atoms with Crippen LogP contribution in [0.1, 0.15) is 35.4 Å². The van der Waals surface area contributed by atoms with Crippen LogP contribution in [-0.4, -0.2) is 51.9 Å². The largest absolute Gasteiger partial charge is 0.491 e. The van der Waals surface area contributed by atoms with E-state index in [1.807, 2.05) is 30.3 Å². The second-order valence-corrected chi connectivity index (χ2v) is 5.75. The quantitative estimate of drug-likeness (QED) is 0.768. The third kappa shape index (κ3) is 3.90. The van der Waals surface area contributed by atoms with Gasteiger partial charge in [0, 0.05) is 6.54 Å². The number of ether oxygens (including phenoxy) is 1. The molecule has 2 aromatic rings. The third-order valence-electron chi connectivity index (χ3n) is 3.94. The van der Waals surface area contributed by atoms with Gasteiger partial charge in [0.25, 0.3) is 11.7 Å². The maximum Gasteiger partial charge on any atom is 0.290 e. The number of β-amino-alcohol motifs (C(OH)–C–C–N with tert-alkyl or cyclic N) is 1. The smallest absolute Gasteiger partial charge is 0.290 e. The Morgan fingerprint density at radius 3 is 2.96 bits per heavy atom. The molecule has 2 unspecified atom stereocenters.